The topological polar surface area (TPSA) is 44.9 Å². The Hall–Kier alpha value is -3.02. The van der Waals surface area contributed by atoms with Gasteiger partial charge in [-0.25, -0.2) is 4.39 Å². The summed E-state index contributed by atoms with van der Waals surface area (Å²) in [4.78, 5) is 17.3. The second-order valence-corrected chi connectivity index (χ2v) is 7.94. The summed E-state index contributed by atoms with van der Waals surface area (Å²) in [6.07, 6.45) is 3.79. The number of thioether (sulfide) groups is 1. The predicted octanol–water partition coefficient (Wildman–Crippen LogP) is 7.12. The summed E-state index contributed by atoms with van der Waals surface area (Å²) in [6, 6.07) is 20.9. The Morgan fingerprint density at radius 1 is 1.00 bits per heavy atom. The second-order valence-electron chi connectivity index (χ2n) is 6.65. The molecule has 1 heterocycles. The molecule has 30 heavy (non-hydrogen) atoms. The first-order valence-electron chi connectivity index (χ1n) is 9.24. The van der Waals surface area contributed by atoms with E-state index in [2.05, 4.69) is 10.3 Å². The summed E-state index contributed by atoms with van der Waals surface area (Å²) in [5, 5.41) is 3.54. The number of H-pyrrole nitrogens is 1. The number of hydrogen-bond acceptors (Lipinski definition) is 2. The van der Waals surface area contributed by atoms with Gasteiger partial charge < -0.3 is 10.3 Å². The Morgan fingerprint density at radius 2 is 1.80 bits per heavy atom. The van der Waals surface area contributed by atoms with Gasteiger partial charge in [0, 0.05) is 33.6 Å². The highest BCUT2D eigenvalue weighted by molar-refractivity contribution is 7.98. The molecule has 3 aromatic carbocycles. The van der Waals surface area contributed by atoms with Crippen molar-refractivity contribution in [3.63, 3.8) is 0 Å². The molecule has 0 radical (unpaired) electrons. The van der Waals surface area contributed by atoms with Crippen LogP contribution in [0.15, 0.2) is 83.9 Å². The molecule has 3 nitrogen and oxygen atoms in total. The molecule has 0 fully saturated rings. The van der Waals surface area contributed by atoms with Gasteiger partial charge in [0.05, 0.1) is 5.02 Å². The zero-order valence-corrected chi connectivity index (χ0v) is 17.7. The lowest BCUT2D eigenvalue weighted by molar-refractivity contribution is 0.102. The fraction of sp³-hybridized carbons (Fsp3) is 0.0417. The van der Waals surface area contributed by atoms with E-state index >= 15 is 0 Å². The number of rotatable bonds is 5. The van der Waals surface area contributed by atoms with Crippen LogP contribution in [0.2, 0.25) is 5.02 Å². The average Bonchev–Trinajstić information content (AvgIpc) is 3.30. The van der Waals surface area contributed by atoms with Crippen molar-refractivity contribution < 1.29 is 9.18 Å². The number of nitrogens with one attached hydrogen (secondary N) is 2. The van der Waals surface area contributed by atoms with E-state index in [0.717, 1.165) is 27.3 Å². The molecule has 4 rings (SSSR count). The van der Waals surface area contributed by atoms with Crippen LogP contribution in [0.4, 0.5) is 10.1 Å². The summed E-state index contributed by atoms with van der Waals surface area (Å²) in [7, 11) is 0. The number of benzene rings is 3. The maximum atomic E-state index is 13.4. The lowest BCUT2D eigenvalue weighted by Gasteiger charge is -2.13. The van der Waals surface area contributed by atoms with E-state index in [-0.39, 0.29) is 11.7 Å². The number of aromatic nitrogens is 1. The first-order valence-corrected chi connectivity index (χ1v) is 10.8. The van der Waals surface area contributed by atoms with Gasteiger partial charge in [0.25, 0.3) is 5.91 Å². The van der Waals surface area contributed by atoms with Crippen LogP contribution in [0.25, 0.3) is 22.4 Å². The summed E-state index contributed by atoms with van der Waals surface area (Å²) in [6.45, 7) is 0. The van der Waals surface area contributed by atoms with Crippen LogP contribution in [-0.2, 0) is 0 Å². The molecule has 4 aromatic rings. The van der Waals surface area contributed by atoms with Crippen LogP contribution >= 0.6 is 23.4 Å². The van der Waals surface area contributed by atoms with Crippen molar-refractivity contribution in [2.75, 3.05) is 11.6 Å². The van der Waals surface area contributed by atoms with Crippen molar-refractivity contribution in [3.8, 4) is 22.4 Å². The van der Waals surface area contributed by atoms with Gasteiger partial charge >= 0.3 is 0 Å². The molecule has 150 valence electrons. The van der Waals surface area contributed by atoms with Crippen molar-refractivity contribution in [1.29, 1.82) is 0 Å². The number of anilines is 1. The standard InChI is InChI=1S/C24H18ClFN2OS/c1-30-18-9-10-19(20(14-18)15-4-6-16(26)7-5-15)24(29)28-17-8-11-22(25)21(13-17)23-3-2-12-27-23/h2-14,27H,1H3,(H,28,29). The van der Waals surface area contributed by atoms with Gasteiger partial charge in [-0.1, -0.05) is 23.7 Å². The first kappa shape index (κ1) is 20.3. The number of halogens is 2. The van der Waals surface area contributed by atoms with Crippen molar-refractivity contribution in [3.05, 3.63) is 95.4 Å². The second kappa shape index (κ2) is 8.78. The number of carbonyl (C=O) groups is 1. The number of amides is 1. The minimum Gasteiger partial charge on any atom is -0.361 e. The number of aromatic amines is 1. The van der Waals surface area contributed by atoms with Gasteiger partial charge in [0.2, 0.25) is 0 Å². The smallest absolute Gasteiger partial charge is 0.256 e. The van der Waals surface area contributed by atoms with Gasteiger partial charge in [-0.2, -0.15) is 0 Å². The van der Waals surface area contributed by atoms with Gasteiger partial charge in [-0.3, -0.25) is 4.79 Å². The Labute approximate surface area is 183 Å². The minimum absolute atomic E-state index is 0.248. The van der Waals surface area contributed by atoms with Crippen LogP contribution < -0.4 is 5.32 Å². The number of hydrogen-bond donors (Lipinski definition) is 2. The van der Waals surface area contributed by atoms with E-state index in [1.807, 2.05) is 42.8 Å². The Bertz CT molecular complexity index is 1190. The molecular weight excluding hydrogens is 419 g/mol. The maximum Gasteiger partial charge on any atom is 0.256 e. The Balaban J connectivity index is 1.69. The molecule has 0 saturated heterocycles. The molecule has 2 N–H and O–H groups in total. The third kappa shape index (κ3) is 4.27. The summed E-state index contributed by atoms with van der Waals surface area (Å²) >= 11 is 7.91. The van der Waals surface area contributed by atoms with Crippen molar-refractivity contribution in [1.82, 2.24) is 4.98 Å². The molecule has 0 bridgehead atoms. The molecule has 0 spiro atoms. The quantitative estimate of drug-likeness (QED) is 0.327. The van der Waals surface area contributed by atoms with E-state index in [1.54, 1.807) is 42.1 Å². The van der Waals surface area contributed by atoms with Gasteiger partial charge in [-0.05, 0) is 78.0 Å². The zero-order valence-electron chi connectivity index (χ0n) is 16.1. The van der Waals surface area contributed by atoms with Crippen molar-refractivity contribution in [2.45, 2.75) is 4.90 Å². The van der Waals surface area contributed by atoms with E-state index in [1.165, 1.54) is 12.1 Å². The van der Waals surface area contributed by atoms with Gasteiger partial charge in [0.15, 0.2) is 0 Å². The molecule has 0 atom stereocenters. The molecular formula is C24H18ClFN2OS. The molecule has 0 aliphatic carbocycles. The maximum absolute atomic E-state index is 13.4. The molecule has 1 amide bonds. The third-order valence-electron chi connectivity index (χ3n) is 4.74. The van der Waals surface area contributed by atoms with Crippen molar-refractivity contribution >= 4 is 35.0 Å². The highest BCUT2D eigenvalue weighted by Crippen LogP contribution is 2.32. The largest absolute Gasteiger partial charge is 0.361 e. The molecule has 1 aromatic heterocycles. The van der Waals surface area contributed by atoms with E-state index < -0.39 is 0 Å². The third-order valence-corrected chi connectivity index (χ3v) is 5.79. The zero-order chi connectivity index (χ0) is 21.1. The van der Waals surface area contributed by atoms with E-state index in [9.17, 15) is 9.18 Å². The molecule has 0 saturated carbocycles. The van der Waals surface area contributed by atoms with Crippen LogP contribution in [-0.4, -0.2) is 17.1 Å². The summed E-state index contributed by atoms with van der Waals surface area (Å²) < 4.78 is 13.4. The Morgan fingerprint density at radius 3 is 2.50 bits per heavy atom. The lowest BCUT2D eigenvalue weighted by Crippen LogP contribution is -2.13. The van der Waals surface area contributed by atoms with Gasteiger partial charge in [-0.15, -0.1) is 11.8 Å². The minimum atomic E-state index is -0.316. The van der Waals surface area contributed by atoms with Crippen LogP contribution in [0.3, 0.4) is 0 Å². The highest BCUT2D eigenvalue weighted by Gasteiger charge is 2.15. The van der Waals surface area contributed by atoms with E-state index in [0.29, 0.717) is 16.3 Å². The van der Waals surface area contributed by atoms with Crippen LogP contribution in [0, 0.1) is 5.82 Å². The van der Waals surface area contributed by atoms with Crippen molar-refractivity contribution in [2.24, 2.45) is 0 Å². The summed E-state index contributed by atoms with van der Waals surface area (Å²) in [5.41, 5.74) is 4.34. The van der Waals surface area contributed by atoms with Crippen LogP contribution in [0.1, 0.15) is 10.4 Å². The fourth-order valence-electron chi connectivity index (χ4n) is 3.22. The van der Waals surface area contributed by atoms with Crippen LogP contribution in [0.5, 0.6) is 0 Å². The Kier molecular flexibility index (Phi) is 5.93. The lowest BCUT2D eigenvalue weighted by atomic mass is 9.99. The predicted molar refractivity (Wildman–Crippen MR) is 123 cm³/mol. The SMILES string of the molecule is CSc1ccc(C(=O)Nc2ccc(Cl)c(-c3ccc[nH]3)c2)c(-c2ccc(F)cc2)c1. The monoisotopic (exact) mass is 436 g/mol. The normalized spacial score (nSPS) is 10.8. The molecule has 0 aliphatic rings. The van der Waals surface area contributed by atoms with E-state index in [4.69, 9.17) is 11.6 Å². The number of carbonyl (C=O) groups excluding carboxylic acids is 1. The fourth-order valence-corrected chi connectivity index (χ4v) is 3.88. The molecule has 0 aliphatic heterocycles. The molecule has 0 unspecified atom stereocenters. The van der Waals surface area contributed by atoms with Gasteiger partial charge in [0.1, 0.15) is 5.82 Å². The summed E-state index contributed by atoms with van der Waals surface area (Å²) in [5.74, 6) is -0.564. The average molecular weight is 437 g/mol. The molecule has 6 heteroatoms. The first-order chi connectivity index (χ1) is 14.5. The highest BCUT2D eigenvalue weighted by atomic mass is 35.5.